The molecule has 1 N–H and O–H groups in total. The SMILES string of the molecule is CCC(NC(=O)C1(c2ccc(Cl)cc2)CC1)c1ccc(OC)cc1. The summed E-state index contributed by atoms with van der Waals surface area (Å²) in [7, 11) is 1.65. The molecule has 1 atom stereocenters. The van der Waals surface area contributed by atoms with E-state index >= 15 is 0 Å². The van der Waals surface area contributed by atoms with Crippen LogP contribution in [0.1, 0.15) is 43.4 Å². The number of carbonyl (C=O) groups excluding carboxylic acids is 1. The van der Waals surface area contributed by atoms with Crippen LogP contribution in [0.3, 0.4) is 0 Å². The molecule has 3 nitrogen and oxygen atoms in total. The Morgan fingerprint density at radius 1 is 1.17 bits per heavy atom. The Balaban J connectivity index is 1.75. The molecular weight excluding hydrogens is 322 g/mol. The Morgan fingerprint density at radius 3 is 2.29 bits per heavy atom. The van der Waals surface area contributed by atoms with Crippen LogP contribution >= 0.6 is 11.6 Å². The van der Waals surface area contributed by atoms with Crippen LogP contribution in [-0.2, 0) is 10.2 Å². The zero-order valence-electron chi connectivity index (χ0n) is 14.0. The van der Waals surface area contributed by atoms with Crippen LogP contribution in [0, 0.1) is 0 Å². The Kier molecular flexibility index (Phi) is 4.81. The van der Waals surface area contributed by atoms with Crippen LogP contribution in [0.15, 0.2) is 48.5 Å². The summed E-state index contributed by atoms with van der Waals surface area (Å²) in [5.41, 5.74) is 1.76. The summed E-state index contributed by atoms with van der Waals surface area (Å²) in [6.45, 7) is 2.08. The molecule has 0 spiro atoms. The van der Waals surface area contributed by atoms with Gasteiger partial charge in [-0.1, -0.05) is 42.8 Å². The van der Waals surface area contributed by atoms with Gasteiger partial charge in [-0.25, -0.2) is 0 Å². The Hall–Kier alpha value is -2.00. The summed E-state index contributed by atoms with van der Waals surface area (Å²) in [5, 5.41) is 3.92. The summed E-state index contributed by atoms with van der Waals surface area (Å²) in [6, 6.07) is 15.5. The van der Waals surface area contributed by atoms with Gasteiger partial charge in [-0.3, -0.25) is 4.79 Å². The van der Waals surface area contributed by atoms with E-state index in [0.29, 0.717) is 5.02 Å². The smallest absolute Gasteiger partial charge is 0.231 e. The van der Waals surface area contributed by atoms with Gasteiger partial charge in [0, 0.05) is 5.02 Å². The van der Waals surface area contributed by atoms with Crippen molar-refractivity contribution in [2.45, 2.75) is 37.6 Å². The van der Waals surface area contributed by atoms with E-state index in [9.17, 15) is 4.79 Å². The number of methoxy groups -OCH3 is 1. The topological polar surface area (TPSA) is 38.3 Å². The molecule has 1 fully saturated rings. The molecule has 1 aliphatic carbocycles. The van der Waals surface area contributed by atoms with E-state index in [-0.39, 0.29) is 17.4 Å². The van der Waals surface area contributed by atoms with Crippen molar-refractivity contribution >= 4 is 17.5 Å². The van der Waals surface area contributed by atoms with Crippen molar-refractivity contribution in [3.63, 3.8) is 0 Å². The number of hydrogen-bond donors (Lipinski definition) is 1. The fourth-order valence-electron chi connectivity index (χ4n) is 3.09. The first-order valence-electron chi connectivity index (χ1n) is 8.30. The Bertz CT molecular complexity index is 705. The number of benzene rings is 2. The molecule has 1 aliphatic rings. The van der Waals surface area contributed by atoms with E-state index in [1.165, 1.54) is 0 Å². The lowest BCUT2D eigenvalue weighted by Gasteiger charge is -2.22. The van der Waals surface area contributed by atoms with Crippen LogP contribution in [0.4, 0.5) is 0 Å². The zero-order chi connectivity index (χ0) is 17.2. The van der Waals surface area contributed by atoms with Crippen LogP contribution in [-0.4, -0.2) is 13.0 Å². The molecule has 0 heterocycles. The highest BCUT2D eigenvalue weighted by Gasteiger charge is 2.51. The van der Waals surface area contributed by atoms with Crippen LogP contribution in [0.25, 0.3) is 0 Å². The number of halogens is 1. The average Bonchev–Trinajstić information content (AvgIpc) is 3.42. The minimum Gasteiger partial charge on any atom is -0.497 e. The third-order valence-corrected chi connectivity index (χ3v) is 5.07. The molecule has 2 aromatic carbocycles. The molecule has 2 aromatic rings. The molecule has 3 rings (SSSR count). The Labute approximate surface area is 148 Å². The molecule has 0 radical (unpaired) electrons. The summed E-state index contributed by atoms with van der Waals surface area (Å²) in [5.74, 6) is 0.923. The standard InChI is InChI=1S/C20H22ClNO2/c1-3-18(14-4-10-17(24-2)11-5-14)22-19(23)20(12-13-20)15-6-8-16(21)9-7-15/h4-11,18H,3,12-13H2,1-2H3,(H,22,23). The summed E-state index contributed by atoms with van der Waals surface area (Å²) >= 11 is 5.96. The van der Waals surface area contributed by atoms with Crippen molar-refractivity contribution in [1.82, 2.24) is 5.32 Å². The third-order valence-electron chi connectivity index (χ3n) is 4.81. The average molecular weight is 344 g/mol. The maximum Gasteiger partial charge on any atom is 0.231 e. The van der Waals surface area contributed by atoms with Crippen LogP contribution < -0.4 is 10.1 Å². The largest absolute Gasteiger partial charge is 0.497 e. The second kappa shape index (κ2) is 6.86. The highest BCUT2D eigenvalue weighted by Crippen LogP contribution is 2.49. The van der Waals surface area contributed by atoms with E-state index < -0.39 is 0 Å². The van der Waals surface area contributed by atoms with E-state index in [4.69, 9.17) is 16.3 Å². The molecule has 1 unspecified atom stereocenters. The molecule has 126 valence electrons. The zero-order valence-corrected chi connectivity index (χ0v) is 14.8. The van der Waals surface area contributed by atoms with Crippen molar-refractivity contribution < 1.29 is 9.53 Å². The second-order valence-electron chi connectivity index (χ2n) is 6.30. The number of amides is 1. The third kappa shape index (κ3) is 3.27. The van der Waals surface area contributed by atoms with Crippen LogP contribution in [0.5, 0.6) is 5.75 Å². The minimum atomic E-state index is -0.384. The number of carbonyl (C=O) groups is 1. The molecular formula is C20H22ClNO2. The first kappa shape index (κ1) is 16.8. The van der Waals surface area contributed by atoms with Crippen molar-refractivity contribution in [3.05, 3.63) is 64.7 Å². The van der Waals surface area contributed by atoms with Crippen LogP contribution in [0.2, 0.25) is 5.02 Å². The normalized spacial score (nSPS) is 16.3. The summed E-state index contributed by atoms with van der Waals surface area (Å²) < 4.78 is 5.20. The highest BCUT2D eigenvalue weighted by molar-refractivity contribution is 6.30. The quantitative estimate of drug-likeness (QED) is 0.829. The van der Waals surface area contributed by atoms with Gasteiger partial charge in [0.1, 0.15) is 5.75 Å². The highest BCUT2D eigenvalue weighted by atomic mass is 35.5. The van der Waals surface area contributed by atoms with Gasteiger partial charge in [0.2, 0.25) is 5.91 Å². The maximum atomic E-state index is 12.9. The van der Waals surface area contributed by atoms with Gasteiger partial charge < -0.3 is 10.1 Å². The predicted octanol–water partition coefficient (Wildman–Crippen LogP) is 4.65. The van der Waals surface area contributed by atoms with Crippen molar-refractivity contribution in [1.29, 1.82) is 0 Å². The lowest BCUT2D eigenvalue weighted by molar-refractivity contribution is -0.124. The lowest BCUT2D eigenvalue weighted by atomic mass is 9.94. The first-order valence-corrected chi connectivity index (χ1v) is 8.68. The number of rotatable bonds is 6. The molecule has 0 saturated heterocycles. The maximum absolute atomic E-state index is 12.9. The number of ether oxygens (including phenoxy) is 1. The van der Waals surface area contributed by atoms with E-state index in [1.807, 2.05) is 48.5 Å². The molecule has 1 saturated carbocycles. The molecule has 0 aromatic heterocycles. The Morgan fingerprint density at radius 2 is 1.79 bits per heavy atom. The molecule has 24 heavy (non-hydrogen) atoms. The molecule has 0 aliphatic heterocycles. The van der Waals surface area contributed by atoms with Gasteiger partial charge in [-0.05, 0) is 54.7 Å². The predicted molar refractivity (Wildman–Crippen MR) is 96.5 cm³/mol. The van der Waals surface area contributed by atoms with Gasteiger partial charge >= 0.3 is 0 Å². The van der Waals surface area contributed by atoms with Gasteiger partial charge in [-0.2, -0.15) is 0 Å². The van der Waals surface area contributed by atoms with E-state index in [0.717, 1.165) is 36.1 Å². The van der Waals surface area contributed by atoms with Crippen molar-refractivity contribution in [3.8, 4) is 5.75 Å². The monoisotopic (exact) mass is 343 g/mol. The molecule has 0 bridgehead atoms. The summed E-state index contributed by atoms with van der Waals surface area (Å²) in [4.78, 5) is 12.9. The van der Waals surface area contributed by atoms with Crippen molar-refractivity contribution in [2.24, 2.45) is 0 Å². The first-order chi connectivity index (χ1) is 11.6. The molecule has 1 amide bonds. The fraction of sp³-hybridized carbons (Fsp3) is 0.350. The fourth-order valence-corrected chi connectivity index (χ4v) is 3.22. The molecule has 4 heteroatoms. The lowest BCUT2D eigenvalue weighted by Crippen LogP contribution is -2.37. The van der Waals surface area contributed by atoms with E-state index in [1.54, 1.807) is 7.11 Å². The van der Waals surface area contributed by atoms with Gasteiger partial charge in [0.05, 0.1) is 18.6 Å². The second-order valence-corrected chi connectivity index (χ2v) is 6.73. The number of hydrogen-bond acceptors (Lipinski definition) is 2. The number of nitrogens with one attached hydrogen (secondary N) is 1. The van der Waals surface area contributed by atoms with E-state index in [2.05, 4.69) is 12.2 Å². The van der Waals surface area contributed by atoms with Gasteiger partial charge in [0.15, 0.2) is 0 Å². The minimum absolute atomic E-state index is 0.00758. The summed E-state index contributed by atoms with van der Waals surface area (Å²) in [6.07, 6.45) is 2.62. The van der Waals surface area contributed by atoms with Crippen molar-refractivity contribution in [2.75, 3.05) is 7.11 Å². The van der Waals surface area contributed by atoms with Gasteiger partial charge in [0.25, 0.3) is 0 Å². The van der Waals surface area contributed by atoms with Gasteiger partial charge in [-0.15, -0.1) is 0 Å².